The molecule has 0 fully saturated rings. The monoisotopic (exact) mass is 135 g/mol. The predicted molar refractivity (Wildman–Crippen MR) is 33.1 cm³/mol. The summed E-state index contributed by atoms with van der Waals surface area (Å²) in [6.07, 6.45) is 0. The van der Waals surface area contributed by atoms with Crippen LogP contribution in [-0.4, -0.2) is 26.6 Å². The van der Waals surface area contributed by atoms with Gasteiger partial charge >= 0.3 is 0 Å². The second-order valence-electron chi connectivity index (χ2n) is 1.38. The topological polar surface area (TPSA) is 82.5 Å². The molecule has 0 saturated carbocycles. The maximum Gasteiger partial charge on any atom is 0.0976 e. The molecule has 5 nitrogen and oxygen atoms in total. The molecule has 5 N–H and O–H groups in total. The lowest BCUT2D eigenvalue weighted by Gasteiger charge is -2.01. The zero-order valence-electron chi connectivity index (χ0n) is 5.30. The normalized spacial score (nSPS) is 10.0. The summed E-state index contributed by atoms with van der Waals surface area (Å²) in [6, 6.07) is 0. The summed E-state index contributed by atoms with van der Waals surface area (Å²) in [6.45, 7) is 1.76. The minimum Gasteiger partial charge on any atom is -0.364 e. The molecule has 0 radical (unpaired) electrons. The lowest BCUT2D eigenvalue weighted by molar-refractivity contribution is 0.0408. The molecular weight excluding hydrogens is 122 g/mol. The Hall–Kier alpha value is -0.200. The van der Waals surface area contributed by atoms with E-state index in [2.05, 4.69) is 10.2 Å². The van der Waals surface area contributed by atoms with Gasteiger partial charge in [-0.25, -0.2) is 5.90 Å². The molecule has 56 valence electrons. The smallest absolute Gasteiger partial charge is 0.0976 e. The molecule has 0 aliphatic heterocycles. The number of nitrogens with two attached hydrogens (primary N) is 2. The summed E-state index contributed by atoms with van der Waals surface area (Å²) >= 11 is 0. The first-order valence-electron chi connectivity index (χ1n) is 2.72. The predicted octanol–water partition coefficient (Wildman–Crippen LogP) is -1.64. The Labute approximate surface area is 54.2 Å². The summed E-state index contributed by atoms with van der Waals surface area (Å²) in [4.78, 5) is 4.24. The van der Waals surface area contributed by atoms with Crippen LogP contribution in [-0.2, 0) is 9.57 Å². The fraction of sp³-hybridized carbons (Fsp3) is 1.00. The molecule has 0 aliphatic carbocycles. The highest BCUT2D eigenvalue weighted by Gasteiger charge is 1.83. The number of ether oxygens (including phenoxy) is 1. The number of nitrogens with one attached hydrogen (secondary N) is 1. The van der Waals surface area contributed by atoms with Gasteiger partial charge in [0.15, 0.2) is 0 Å². The third-order valence-corrected chi connectivity index (χ3v) is 0.694. The van der Waals surface area contributed by atoms with Gasteiger partial charge in [-0.1, -0.05) is 0 Å². The van der Waals surface area contributed by atoms with Crippen molar-refractivity contribution in [2.24, 2.45) is 11.6 Å². The Balaban J connectivity index is 2.60. The van der Waals surface area contributed by atoms with Crippen molar-refractivity contribution in [3.05, 3.63) is 0 Å². The SMILES string of the molecule is NCNCOCCON. The molecule has 0 atom stereocenters. The van der Waals surface area contributed by atoms with Gasteiger partial charge in [0.25, 0.3) is 0 Å². The highest BCUT2D eigenvalue weighted by atomic mass is 16.6. The molecule has 0 amide bonds. The van der Waals surface area contributed by atoms with Crippen LogP contribution >= 0.6 is 0 Å². The van der Waals surface area contributed by atoms with E-state index in [9.17, 15) is 0 Å². The summed E-state index contributed by atoms with van der Waals surface area (Å²) in [5, 5.41) is 2.77. The van der Waals surface area contributed by atoms with Crippen molar-refractivity contribution in [1.29, 1.82) is 0 Å². The van der Waals surface area contributed by atoms with Crippen molar-refractivity contribution in [2.75, 3.05) is 26.6 Å². The van der Waals surface area contributed by atoms with Crippen LogP contribution in [0.5, 0.6) is 0 Å². The van der Waals surface area contributed by atoms with E-state index in [1.54, 1.807) is 0 Å². The van der Waals surface area contributed by atoms with Crippen LogP contribution in [0.2, 0.25) is 0 Å². The molecule has 0 aromatic rings. The van der Waals surface area contributed by atoms with Crippen molar-refractivity contribution in [3.63, 3.8) is 0 Å². The summed E-state index contributed by atoms with van der Waals surface area (Å²) in [7, 11) is 0. The highest BCUT2D eigenvalue weighted by Crippen LogP contribution is 1.68. The molecule has 0 aromatic heterocycles. The van der Waals surface area contributed by atoms with E-state index < -0.39 is 0 Å². The molecular formula is C4H13N3O2. The van der Waals surface area contributed by atoms with Crippen LogP contribution < -0.4 is 16.9 Å². The van der Waals surface area contributed by atoms with E-state index >= 15 is 0 Å². The molecule has 9 heavy (non-hydrogen) atoms. The zero-order chi connectivity index (χ0) is 6.95. The van der Waals surface area contributed by atoms with Gasteiger partial charge in [0, 0.05) is 6.67 Å². The largest absolute Gasteiger partial charge is 0.364 e. The van der Waals surface area contributed by atoms with Gasteiger partial charge in [-0.3, -0.25) is 5.32 Å². The van der Waals surface area contributed by atoms with Crippen molar-refractivity contribution in [3.8, 4) is 0 Å². The van der Waals surface area contributed by atoms with Crippen LogP contribution in [0.25, 0.3) is 0 Å². The van der Waals surface area contributed by atoms with E-state index in [-0.39, 0.29) is 0 Å². The maximum atomic E-state index is 5.10. The van der Waals surface area contributed by atoms with Crippen molar-refractivity contribution < 1.29 is 9.57 Å². The third kappa shape index (κ3) is 7.80. The molecule has 0 unspecified atom stereocenters. The van der Waals surface area contributed by atoms with Crippen molar-refractivity contribution in [1.82, 2.24) is 5.32 Å². The average molecular weight is 135 g/mol. The first kappa shape index (κ1) is 8.80. The second-order valence-corrected chi connectivity index (χ2v) is 1.38. The average Bonchev–Trinajstić information content (AvgIpc) is 1.89. The first-order chi connectivity index (χ1) is 4.41. The second kappa shape index (κ2) is 7.80. The molecule has 5 heteroatoms. The lowest BCUT2D eigenvalue weighted by atomic mass is 10.8. The molecule has 0 heterocycles. The van der Waals surface area contributed by atoms with Gasteiger partial charge in [0.2, 0.25) is 0 Å². The number of rotatable bonds is 6. The van der Waals surface area contributed by atoms with E-state index in [4.69, 9.17) is 16.4 Å². The van der Waals surface area contributed by atoms with Crippen molar-refractivity contribution in [2.45, 2.75) is 0 Å². The van der Waals surface area contributed by atoms with Gasteiger partial charge < -0.3 is 15.3 Å². The molecule has 0 aromatic carbocycles. The molecule has 0 bridgehead atoms. The lowest BCUT2D eigenvalue weighted by Crippen LogP contribution is -2.26. The Morgan fingerprint density at radius 3 is 2.67 bits per heavy atom. The fourth-order valence-corrected chi connectivity index (χ4v) is 0.310. The number of hydrogen-bond donors (Lipinski definition) is 3. The molecule has 0 spiro atoms. The summed E-state index contributed by atoms with van der Waals surface area (Å²) < 4.78 is 4.92. The van der Waals surface area contributed by atoms with Crippen LogP contribution in [0.1, 0.15) is 0 Å². The zero-order valence-corrected chi connectivity index (χ0v) is 5.30. The van der Waals surface area contributed by atoms with Gasteiger partial charge in [-0.15, -0.1) is 0 Å². The highest BCUT2D eigenvalue weighted by molar-refractivity contribution is 4.27. The van der Waals surface area contributed by atoms with E-state index in [0.29, 0.717) is 26.6 Å². The van der Waals surface area contributed by atoms with Crippen molar-refractivity contribution >= 4 is 0 Å². The van der Waals surface area contributed by atoms with E-state index in [1.807, 2.05) is 0 Å². The first-order valence-corrected chi connectivity index (χ1v) is 2.72. The van der Waals surface area contributed by atoms with E-state index in [0.717, 1.165) is 0 Å². The van der Waals surface area contributed by atoms with Crippen LogP contribution in [0.3, 0.4) is 0 Å². The molecule has 0 rings (SSSR count). The summed E-state index contributed by atoms with van der Waals surface area (Å²) in [5.74, 6) is 4.72. The Morgan fingerprint density at radius 1 is 1.33 bits per heavy atom. The van der Waals surface area contributed by atoms with E-state index in [1.165, 1.54) is 0 Å². The molecule has 0 saturated heterocycles. The Bertz CT molecular complexity index is 47.1. The van der Waals surface area contributed by atoms with Gasteiger partial charge in [-0.05, 0) is 0 Å². The Morgan fingerprint density at radius 2 is 2.11 bits per heavy atom. The van der Waals surface area contributed by atoms with Gasteiger partial charge in [0.1, 0.15) is 0 Å². The maximum absolute atomic E-state index is 5.10. The quantitative estimate of drug-likeness (QED) is 0.231. The minimum atomic E-state index is 0.409. The standard InChI is InChI=1S/C4H13N3O2/c5-3-7-4-8-1-2-9-6/h7H,1-6H2. The molecule has 0 aliphatic rings. The Kier molecular flexibility index (Phi) is 7.63. The minimum absolute atomic E-state index is 0.409. The van der Waals surface area contributed by atoms with Crippen LogP contribution in [0.4, 0.5) is 0 Å². The van der Waals surface area contributed by atoms with Crippen LogP contribution in [0.15, 0.2) is 0 Å². The van der Waals surface area contributed by atoms with Gasteiger partial charge in [0.05, 0.1) is 19.9 Å². The fourth-order valence-electron chi connectivity index (χ4n) is 0.310. The third-order valence-electron chi connectivity index (χ3n) is 0.694. The van der Waals surface area contributed by atoms with Crippen LogP contribution in [0, 0.1) is 0 Å². The number of hydrogen-bond acceptors (Lipinski definition) is 5. The van der Waals surface area contributed by atoms with Gasteiger partial charge in [-0.2, -0.15) is 0 Å². The summed E-state index contributed by atoms with van der Waals surface area (Å²) in [5.41, 5.74) is 5.10.